The summed E-state index contributed by atoms with van der Waals surface area (Å²) in [6, 6.07) is 16.0. The first kappa shape index (κ1) is 27.7. The van der Waals surface area contributed by atoms with Crippen molar-refractivity contribution >= 4 is 18.0 Å². The number of hydrogen-bond donors (Lipinski definition) is 1. The molecular weight excluding hydrogens is 476 g/mol. The van der Waals surface area contributed by atoms with Crippen LogP contribution in [-0.2, 0) is 0 Å². The lowest BCUT2D eigenvalue weighted by atomic mass is 9.96. The molecule has 2 aliphatic rings. The lowest BCUT2D eigenvalue weighted by molar-refractivity contribution is 0.0737. The summed E-state index contributed by atoms with van der Waals surface area (Å²) < 4.78 is 5.45. The van der Waals surface area contributed by atoms with Gasteiger partial charge in [0.05, 0.1) is 7.11 Å². The number of carbonyl (C=O) groups is 2. The Hall–Kier alpha value is -3.32. The Morgan fingerprint density at radius 2 is 1.71 bits per heavy atom. The number of nitrogens with zero attached hydrogens (tertiary/aromatic N) is 3. The number of aryl methyl sites for hydroxylation is 1. The third-order valence-corrected chi connectivity index (χ3v) is 7.63. The average molecular weight is 519 g/mol. The molecule has 1 aliphatic carbocycles. The predicted octanol–water partition coefficient (Wildman–Crippen LogP) is 4.82. The summed E-state index contributed by atoms with van der Waals surface area (Å²) in [7, 11) is 1.67. The number of rotatable bonds is 9. The molecule has 1 saturated heterocycles. The fraction of sp³-hybridized carbons (Fsp3) is 0.484. The molecule has 7 heteroatoms. The summed E-state index contributed by atoms with van der Waals surface area (Å²) in [5, 5.41) is 3.23. The second kappa shape index (κ2) is 14.0. The first-order chi connectivity index (χ1) is 18.5. The molecule has 3 amide bonds. The van der Waals surface area contributed by atoms with Crippen LogP contribution in [0.5, 0.6) is 5.75 Å². The van der Waals surface area contributed by atoms with Crippen molar-refractivity contribution in [2.75, 3.05) is 52.9 Å². The fourth-order valence-corrected chi connectivity index (χ4v) is 5.22. The number of piperazine rings is 1. The smallest absolute Gasteiger partial charge is 0.317 e. The van der Waals surface area contributed by atoms with Crippen LogP contribution in [-0.4, -0.2) is 85.6 Å². The Kier molecular flexibility index (Phi) is 10.2. The molecule has 7 nitrogen and oxygen atoms in total. The summed E-state index contributed by atoms with van der Waals surface area (Å²) in [6.45, 7) is 7.01. The van der Waals surface area contributed by atoms with E-state index in [0.717, 1.165) is 62.4 Å². The number of carbonyl (C=O) groups excluding carboxylic acids is 2. The largest absolute Gasteiger partial charge is 0.496 e. The van der Waals surface area contributed by atoms with Crippen molar-refractivity contribution < 1.29 is 14.3 Å². The number of amides is 3. The van der Waals surface area contributed by atoms with Crippen LogP contribution in [0.15, 0.2) is 54.6 Å². The van der Waals surface area contributed by atoms with Gasteiger partial charge in [-0.05, 0) is 38.0 Å². The molecule has 0 atom stereocenters. The number of nitrogens with one attached hydrogen (secondary N) is 1. The van der Waals surface area contributed by atoms with Gasteiger partial charge in [0.25, 0.3) is 5.91 Å². The summed E-state index contributed by atoms with van der Waals surface area (Å²) in [5.41, 5.74) is 2.82. The highest BCUT2D eigenvalue weighted by molar-refractivity contribution is 5.94. The van der Waals surface area contributed by atoms with Crippen LogP contribution < -0.4 is 10.1 Å². The Bertz CT molecular complexity index is 1070. The standard InChI is InChI=1S/C31H42N4O3/c1-25-14-16-27(17-15-25)30(36)34(18-8-10-26-9-6-7-13-29(26)38-2)22-19-33-20-23-35(24-21-33)31(37)32-28-11-4-3-5-12-28/h6-10,13-17,28H,3-5,11-12,18-24H2,1-2H3,(H,32,37)/b10-8+. The van der Waals surface area contributed by atoms with Crippen molar-refractivity contribution in [3.8, 4) is 5.75 Å². The first-order valence-corrected chi connectivity index (χ1v) is 14.0. The minimum atomic E-state index is 0.0279. The summed E-state index contributed by atoms with van der Waals surface area (Å²) >= 11 is 0. The van der Waals surface area contributed by atoms with Crippen LogP contribution in [0.1, 0.15) is 53.6 Å². The SMILES string of the molecule is COc1ccccc1/C=C/CN(CCN1CCN(C(=O)NC2CCCCC2)CC1)C(=O)c1ccc(C)cc1. The fourth-order valence-electron chi connectivity index (χ4n) is 5.22. The lowest BCUT2D eigenvalue weighted by Gasteiger charge is -2.36. The zero-order valence-electron chi connectivity index (χ0n) is 22.9. The summed E-state index contributed by atoms with van der Waals surface area (Å²) in [4.78, 5) is 32.3. The van der Waals surface area contributed by atoms with Gasteiger partial charge in [0.1, 0.15) is 5.75 Å². The van der Waals surface area contributed by atoms with Gasteiger partial charge in [-0.3, -0.25) is 9.69 Å². The number of ether oxygens (including phenoxy) is 1. The molecular formula is C31H42N4O3. The quantitative estimate of drug-likeness (QED) is 0.517. The Labute approximate surface area is 227 Å². The van der Waals surface area contributed by atoms with E-state index >= 15 is 0 Å². The molecule has 2 fully saturated rings. The Balaban J connectivity index is 1.32. The van der Waals surface area contributed by atoms with Crippen LogP contribution in [0.2, 0.25) is 0 Å². The summed E-state index contributed by atoms with van der Waals surface area (Å²) in [6.07, 6.45) is 9.94. The second-order valence-electron chi connectivity index (χ2n) is 10.4. The van der Waals surface area contributed by atoms with E-state index in [0.29, 0.717) is 24.7 Å². The van der Waals surface area contributed by atoms with Gasteiger partial charge in [-0.1, -0.05) is 67.3 Å². The minimum Gasteiger partial charge on any atom is -0.496 e. The van der Waals surface area contributed by atoms with Gasteiger partial charge in [-0.25, -0.2) is 4.79 Å². The molecule has 1 saturated carbocycles. The van der Waals surface area contributed by atoms with E-state index in [-0.39, 0.29) is 11.9 Å². The Morgan fingerprint density at radius 3 is 2.42 bits per heavy atom. The zero-order valence-corrected chi connectivity index (χ0v) is 22.9. The van der Waals surface area contributed by atoms with E-state index in [4.69, 9.17) is 4.74 Å². The van der Waals surface area contributed by atoms with E-state index in [2.05, 4.69) is 10.2 Å². The number of methoxy groups -OCH3 is 1. The van der Waals surface area contributed by atoms with Crippen LogP contribution in [0, 0.1) is 6.92 Å². The molecule has 0 radical (unpaired) electrons. The molecule has 1 heterocycles. The second-order valence-corrected chi connectivity index (χ2v) is 10.4. The van der Waals surface area contributed by atoms with Crippen LogP contribution in [0.25, 0.3) is 6.08 Å². The van der Waals surface area contributed by atoms with E-state index in [1.165, 1.54) is 19.3 Å². The van der Waals surface area contributed by atoms with Crippen molar-refractivity contribution in [2.45, 2.75) is 45.1 Å². The van der Waals surface area contributed by atoms with Crippen molar-refractivity contribution in [2.24, 2.45) is 0 Å². The number of hydrogen-bond acceptors (Lipinski definition) is 4. The molecule has 1 aliphatic heterocycles. The molecule has 0 spiro atoms. The molecule has 204 valence electrons. The maximum atomic E-state index is 13.4. The van der Waals surface area contributed by atoms with Crippen molar-refractivity contribution in [1.29, 1.82) is 0 Å². The van der Waals surface area contributed by atoms with Gasteiger partial charge in [0, 0.05) is 63.0 Å². The molecule has 4 rings (SSSR count). The van der Waals surface area contributed by atoms with Crippen molar-refractivity contribution in [3.05, 3.63) is 71.3 Å². The van der Waals surface area contributed by atoms with E-state index < -0.39 is 0 Å². The third-order valence-electron chi connectivity index (χ3n) is 7.63. The van der Waals surface area contributed by atoms with Crippen LogP contribution >= 0.6 is 0 Å². The lowest BCUT2D eigenvalue weighted by Crippen LogP contribution is -2.54. The molecule has 0 bridgehead atoms. The molecule has 2 aromatic rings. The highest BCUT2D eigenvalue weighted by Crippen LogP contribution is 2.19. The molecule has 2 aromatic carbocycles. The van der Waals surface area contributed by atoms with E-state index in [1.807, 2.05) is 77.4 Å². The molecule has 0 aromatic heterocycles. The van der Waals surface area contributed by atoms with Gasteiger partial charge in [0.2, 0.25) is 0 Å². The van der Waals surface area contributed by atoms with E-state index in [1.54, 1.807) is 7.11 Å². The van der Waals surface area contributed by atoms with Crippen LogP contribution in [0.3, 0.4) is 0 Å². The predicted molar refractivity (Wildman–Crippen MR) is 153 cm³/mol. The topological polar surface area (TPSA) is 65.1 Å². The van der Waals surface area contributed by atoms with Crippen molar-refractivity contribution in [1.82, 2.24) is 20.0 Å². The maximum Gasteiger partial charge on any atom is 0.317 e. The van der Waals surface area contributed by atoms with E-state index in [9.17, 15) is 9.59 Å². The monoisotopic (exact) mass is 518 g/mol. The van der Waals surface area contributed by atoms with Gasteiger partial charge in [-0.2, -0.15) is 0 Å². The van der Waals surface area contributed by atoms with Crippen molar-refractivity contribution in [3.63, 3.8) is 0 Å². The molecule has 38 heavy (non-hydrogen) atoms. The highest BCUT2D eigenvalue weighted by Gasteiger charge is 2.24. The maximum absolute atomic E-state index is 13.4. The summed E-state index contributed by atoms with van der Waals surface area (Å²) in [5.74, 6) is 0.839. The number of para-hydroxylation sites is 1. The molecule has 0 unspecified atom stereocenters. The van der Waals surface area contributed by atoms with Gasteiger partial charge < -0.3 is 19.9 Å². The van der Waals surface area contributed by atoms with Gasteiger partial charge in [-0.15, -0.1) is 0 Å². The average Bonchev–Trinajstić information content (AvgIpc) is 2.96. The Morgan fingerprint density at radius 1 is 1.00 bits per heavy atom. The highest BCUT2D eigenvalue weighted by atomic mass is 16.5. The minimum absolute atomic E-state index is 0.0279. The number of urea groups is 1. The normalized spacial score (nSPS) is 16.9. The number of benzene rings is 2. The molecule has 1 N–H and O–H groups in total. The van der Waals surface area contributed by atoms with Crippen LogP contribution in [0.4, 0.5) is 4.79 Å². The third kappa shape index (κ3) is 7.84. The van der Waals surface area contributed by atoms with Gasteiger partial charge in [0.15, 0.2) is 0 Å². The zero-order chi connectivity index (χ0) is 26.7. The van der Waals surface area contributed by atoms with Gasteiger partial charge >= 0.3 is 6.03 Å². The first-order valence-electron chi connectivity index (χ1n) is 14.0.